The number of nitrogens with two attached hydrogens (primary N) is 1. The van der Waals surface area contributed by atoms with Crippen LogP contribution in [0.5, 0.6) is 0 Å². The minimum Gasteiger partial charge on any atom is -0.392 e. The van der Waals surface area contributed by atoms with E-state index in [9.17, 15) is 5.11 Å². The van der Waals surface area contributed by atoms with Gasteiger partial charge in [0.05, 0.1) is 6.10 Å². The standard InChI is InChI=1S/C14H26N4O/c1-4-7-18-11(16-10-17-18)8-14(9-15)6-5-13(2,3)12(14)19/h10,12,19H,4-9,15H2,1-3H3. The summed E-state index contributed by atoms with van der Waals surface area (Å²) < 4.78 is 1.94. The minimum atomic E-state index is -0.378. The van der Waals surface area contributed by atoms with Gasteiger partial charge in [-0.25, -0.2) is 4.98 Å². The smallest absolute Gasteiger partial charge is 0.138 e. The molecule has 1 saturated carbocycles. The molecule has 1 aromatic heterocycles. The molecule has 0 saturated heterocycles. The summed E-state index contributed by atoms with van der Waals surface area (Å²) in [6.45, 7) is 7.72. The second-order valence-electron chi connectivity index (χ2n) is 6.53. The molecule has 0 radical (unpaired) electrons. The normalized spacial score (nSPS) is 29.8. The van der Waals surface area contributed by atoms with Gasteiger partial charge in [0, 0.05) is 24.9 Å². The highest BCUT2D eigenvalue weighted by atomic mass is 16.3. The quantitative estimate of drug-likeness (QED) is 0.843. The molecule has 0 aliphatic heterocycles. The lowest BCUT2D eigenvalue weighted by molar-refractivity contribution is -0.00603. The molecule has 0 aromatic carbocycles. The van der Waals surface area contributed by atoms with Crippen molar-refractivity contribution in [3.05, 3.63) is 12.2 Å². The molecule has 2 atom stereocenters. The highest BCUT2D eigenvalue weighted by Gasteiger charge is 2.51. The Bertz CT molecular complexity index is 429. The monoisotopic (exact) mass is 266 g/mol. The Morgan fingerprint density at radius 1 is 1.47 bits per heavy atom. The van der Waals surface area contributed by atoms with E-state index in [4.69, 9.17) is 5.73 Å². The molecule has 108 valence electrons. The Balaban J connectivity index is 2.22. The van der Waals surface area contributed by atoms with Crippen LogP contribution in [0.1, 0.15) is 45.9 Å². The molecule has 19 heavy (non-hydrogen) atoms. The first-order valence-corrected chi connectivity index (χ1v) is 7.20. The van der Waals surface area contributed by atoms with Crippen molar-refractivity contribution in [1.82, 2.24) is 14.8 Å². The summed E-state index contributed by atoms with van der Waals surface area (Å²) in [5.41, 5.74) is 5.69. The van der Waals surface area contributed by atoms with Crippen molar-refractivity contribution in [2.45, 2.75) is 59.1 Å². The fourth-order valence-corrected chi connectivity index (χ4v) is 3.28. The molecule has 2 rings (SSSR count). The van der Waals surface area contributed by atoms with E-state index < -0.39 is 0 Å². The van der Waals surface area contributed by atoms with E-state index in [2.05, 4.69) is 30.9 Å². The number of aliphatic hydroxyl groups is 1. The van der Waals surface area contributed by atoms with Crippen LogP contribution in [0.2, 0.25) is 0 Å². The van der Waals surface area contributed by atoms with Gasteiger partial charge in [-0.05, 0) is 24.7 Å². The molecular weight excluding hydrogens is 240 g/mol. The van der Waals surface area contributed by atoms with E-state index in [-0.39, 0.29) is 16.9 Å². The van der Waals surface area contributed by atoms with Crippen LogP contribution < -0.4 is 5.73 Å². The van der Waals surface area contributed by atoms with Crippen molar-refractivity contribution in [3.63, 3.8) is 0 Å². The van der Waals surface area contributed by atoms with Crippen LogP contribution in [-0.4, -0.2) is 32.5 Å². The van der Waals surface area contributed by atoms with Gasteiger partial charge in [-0.2, -0.15) is 5.10 Å². The first-order chi connectivity index (χ1) is 8.95. The Labute approximate surface area is 115 Å². The van der Waals surface area contributed by atoms with E-state index in [0.29, 0.717) is 13.0 Å². The summed E-state index contributed by atoms with van der Waals surface area (Å²) >= 11 is 0. The first kappa shape index (κ1) is 14.5. The van der Waals surface area contributed by atoms with E-state index in [1.165, 1.54) is 0 Å². The summed E-state index contributed by atoms with van der Waals surface area (Å²) in [5.74, 6) is 0.948. The maximum Gasteiger partial charge on any atom is 0.138 e. The van der Waals surface area contributed by atoms with Gasteiger partial charge >= 0.3 is 0 Å². The fraction of sp³-hybridized carbons (Fsp3) is 0.857. The zero-order chi connectivity index (χ0) is 14.1. The molecule has 1 aromatic rings. The van der Waals surface area contributed by atoms with Crippen LogP contribution in [0.25, 0.3) is 0 Å². The zero-order valence-electron chi connectivity index (χ0n) is 12.3. The second kappa shape index (κ2) is 5.21. The lowest BCUT2D eigenvalue weighted by Crippen LogP contribution is -2.44. The summed E-state index contributed by atoms with van der Waals surface area (Å²) in [6.07, 6.45) is 4.93. The third-order valence-corrected chi connectivity index (χ3v) is 4.64. The predicted octanol–water partition coefficient (Wildman–Crippen LogP) is 1.36. The van der Waals surface area contributed by atoms with Gasteiger partial charge in [-0.1, -0.05) is 20.8 Å². The van der Waals surface area contributed by atoms with Crippen molar-refractivity contribution in [3.8, 4) is 0 Å². The van der Waals surface area contributed by atoms with Gasteiger partial charge in [-0.15, -0.1) is 0 Å². The molecule has 5 heteroatoms. The van der Waals surface area contributed by atoms with Gasteiger partial charge in [0.2, 0.25) is 0 Å². The highest BCUT2D eigenvalue weighted by molar-refractivity contribution is 5.06. The second-order valence-corrected chi connectivity index (χ2v) is 6.53. The van der Waals surface area contributed by atoms with Crippen molar-refractivity contribution in [2.24, 2.45) is 16.6 Å². The molecule has 1 aliphatic rings. The van der Waals surface area contributed by atoms with Gasteiger partial charge in [0.25, 0.3) is 0 Å². The molecule has 3 N–H and O–H groups in total. The third-order valence-electron chi connectivity index (χ3n) is 4.64. The predicted molar refractivity (Wildman–Crippen MR) is 74.5 cm³/mol. The average Bonchev–Trinajstić information content (AvgIpc) is 2.89. The van der Waals surface area contributed by atoms with Crippen LogP contribution in [0.3, 0.4) is 0 Å². The number of hydrogen-bond donors (Lipinski definition) is 2. The molecular formula is C14H26N4O. The molecule has 0 bridgehead atoms. The molecule has 1 fully saturated rings. The van der Waals surface area contributed by atoms with E-state index in [1.807, 2.05) is 4.68 Å². The van der Waals surface area contributed by atoms with Crippen LogP contribution in [-0.2, 0) is 13.0 Å². The topological polar surface area (TPSA) is 77.0 Å². The van der Waals surface area contributed by atoms with Crippen molar-refractivity contribution >= 4 is 0 Å². The van der Waals surface area contributed by atoms with Crippen LogP contribution in [0.15, 0.2) is 6.33 Å². The molecule has 0 spiro atoms. The average molecular weight is 266 g/mol. The van der Waals surface area contributed by atoms with Gasteiger partial charge < -0.3 is 10.8 Å². The van der Waals surface area contributed by atoms with E-state index in [1.54, 1.807) is 6.33 Å². The minimum absolute atomic E-state index is 0.0605. The summed E-state index contributed by atoms with van der Waals surface area (Å²) in [5, 5.41) is 14.9. The Morgan fingerprint density at radius 2 is 2.21 bits per heavy atom. The lowest BCUT2D eigenvalue weighted by atomic mass is 9.76. The number of rotatable bonds is 5. The fourth-order valence-electron chi connectivity index (χ4n) is 3.28. The van der Waals surface area contributed by atoms with Crippen LogP contribution in [0.4, 0.5) is 0 Å². The number of aryl methyl sites for hydroxylation is 1. The summed E-state index contributed by atoms with van der Waals surface area (Å²) in [6, 6.07) is 0. The van der Waals surface area contributed by atoms with Crippen LogP contribution in [0, 0.1) is 10.8 Å². The summed E-state index contributed by atoms with van der Waals surface area (Å²) in [4.78, 5) is 4.36. The number of nitrogens with zero attached hydrogens (tertiary/aromatic N) is 3. The van der Waals surface area contributed by atoms with Crippen molar-refractivity contribution in [2.75, 3.05) is 6.54 Å². The molecule has 1 heterocycles. The molecule has 2 unspecified atom stereocenters. The van der Waals surface area contributed by atoms with E-state index >= 15 is 0 Å². The van der Waals surface area contributed by atoms with Gasteiger partial charge in [0.15, 0.2) is 0 Å². The molecule has 0 amide bonds. The molecule has 1 aliphatic carbocycles. The van der Waals surface area contributed by atoms with Crippen molar-refractivity contribution in [1.29, 1.82) is 0 Å². The Kier molecular flexibility index (Phi) is 3.97. The highest BCUT2D eigenvalue weighted by Crippen LogP contribution is 2.50. The Hall–Kier alpha value is -0.940. The van der Waals surface area contributed by atoms with Crippen molar-refractivity contribution < 1.29 is 5.11 Å². The maximum absolute atomic E-state index is 10.6. The van der Waals surface area contributed by atoms with E-state index in [0.717, 1.165) is 31.6 Å². The maximum atomic E-state index is 10.6. The number of hydrogen-bond acceptors (Lipinski definition) is 4. The zero-order valence-corrected chi connectivity index (χ0v) is 12.3. The number of aromatic nitrogens is 3. The Morgan fingerprint density at radius 3 is 2.74 bits per heavy atom. The van der Waals surface area contributed by atoms with Gasteiger partial charge in [-0.3, -0.25) is 4.68 Å². The lowest BCUT2D eigenvalue weighted by Gasteiger charge is -2.35. The SMILES string of the molecule is CCCn1ncnc1CC1(CN)CCC(C)(C)C1O. The third kappa shape index (κ3) is 2.54. The molecule has 5 nitrogen and oxygen atoms in total. The largest absolute Gasteiger partial charge is 0.392 e. The summed E-state index contributed by atoms with van der Waals surface area (Å²) in [7, 11) is 0. The number of aliphatic hydroxyl groups excluding tert-OH is 1. The van der Waals surface area contributed by atoms with Crippen LogP contribution >= 0.6 is 0 Å². The van der Waals surface area contributed by atoms with Gasteiger partial charge in [0.1, 0.15) is 12.2 Å². The first-order valence-electron chi connectivity index (χ1n) is 7.20.